The van der Waals surface area contributed by atoms with Crippen LogP contribution in [-0.4, -0.2) is 28.5 Å². The lowest BCUT2D eigenvalue weighted by Crippen LogP contribution is -2.30. The number of nitrogens with one attached hydrogen (secondary N) is 1. The molecule has 0 amide bonds. The lowest BCUT2D eigenvalue weighted by molar-refractivity contribution is 0.339. The molecule has 5 nitrogen and oxygen atoms in total. The van der Waals surface area contributed by atoms with Gasteiger partial charge < -0.3 is 4.55 Å². The smallest absolute Gasteiger partial charge is 0.240 e. The van der Waals surface area contributed by atoms with E-state index in [9.17, 15) is 17.2 Å². The summed E-state index contributed by atoms with van der Waals surface area (Å²) in [6, 6.07) is 7.31. The Hall–Kier alpha value is -0.760. The van der Waals surface area contributed by atoms with Crippen LogP contribution in [0.4, 0.5) is 0 Å². The maximum atomic E-state index is 12.2. The van der Waals surface area contributed by atoms with Crippen LogP contribution in [0.2, 0.25) is 0 Å². The first kappa shape index (κ1) is 24.3. The zero-order valence-electron chi connectivity index (χ0n) is 16.9. The fraction of sp³-hybridized carbons (Fsp3) is 0.700. The highest BCUT2D eigenvalue weighted by Crippen LogP contribution is 2.27. The summed E-state index contributed by atoms with van der Waals surface area (Å²) >= 11 is -1.87. The van der Waals surface area contributed by atoms with Crippen molar-refractivity contribution in [3.8, 4) is 0 Å². The molecular formula is C20H34NO4S2-. The summed E-state index contributed by atoms with van der Waals surface area (Å²) in [6.07, 6.45) is 8.94. The van der Waals surface area contributed by atoms with Gasteiger partial charge in [0.1, 0.15) is 0 Å². The van der Waals surface area contributed by atoms with Gasteiger partial charge in [0.25, 0.3) is 0 Å². The molecule has 0 aromatic heterocycles. The van der Waals surface area contributed by atoms with Crippen molar-refractivity contribution in [1.82, 2.24) is 4.72 Å². The van der Waals surface area contributed by atoms with Gasteiger partial charge in [-0.15, -0.1) is 0 Å². The van der Waals surface area contributed by atoms with Gasteiger partial charge in [0.2, 0.25) is 10.0 Å². The zero-order valence-corrected chi connectivity index (χ0v) is 18.6. The van der Waals surface area contributed by atoms with E-state index in [1.54, 1.807) is 19.9 Å². The summed E-state index contributed by atoms with van der Waals surface area (Å²) in [5.41, 5.74) is 1.13. The molecule has 2 rings (SSSR count). The van der Waals surface area contributed by atoms with Crippen molar-refractivity contribution in [2.75, 3.05) is 0 Å². The van der Waals surface area contributed by atoms with Crippen LogP contribution in [0.25, 0.3) is 0 Å². The molecule has 1 fully saturated rings. The quantitative estimate of drug-likeness (QED) is 0.676. The Labute approximate surface area is 167 Å². The number of aryl methyl sites for hydroxylation is 1. The van der Waals surface area contributed by atoms with E-state index in [4.69, 9.17) is 0 Å². The summed E-state index contributed by atoms with van der Waals surface area (Å²) in [5, 5.41) is -0.231. The molecule has 0 bridgehead atoms. The van der Waals surface area contributed by atoms with Crippen molar-refractivity contribution in [2.24, 2.45) is 5.92 Å². The van der Waals surface area contributed by atoms with Gasteiger partial charge >= 0.3 is 0 Å². The molecule has 1 atom stereocenters. The Kier molecular flexibility index (Phi) is 10.7. The molecule has 0 radical (unpaired) electrons. The largest absolute Gasteiger partial charge is 0.772 e. The number of rotatable bonds is 7. The van der Waals surface area contributed by atoms with Gasteiger partial charge in [-0.2, -0.15) is 0 Å². The lowest BCUT2D eigenvalue weighted by Gasteiger charge is -2.21. The van der Waals surface area contributed by atoms with Crippen LogP contribution in [0.3, 0.4) is 0 Å². The maximum Gasteiger partial charge on any atom is 0.240 e. The summed E-state index contributed by atoms with van der Waals surface area (Å²) in [6.45, 7) is 6.93. The van der Waals surface area contributed by atoms with Crippen LogP contribution < -0.4 is 4.72 Å². The molecule has 1 aromatic rings. The number of benzene rings is 1. The average Bonchev–Trinajstić information content (AvgIpc) is 2.60. The number of sulfonamides is 1. The van der Waals surface area contributed by atoms with Crippen molar-refractivity contribution in [1.29, 1.82) is 0 Å². The fourth-order valence-corrected chi connectivity index (χ4v) is 4.41. The molecule has 156 valence electrons. The van der Waals surface area contributed by atoms with E-state index in [0.717, 1.165) is 17.9 Å². The minimum absolute atomic E-state index is 0.0825. The second-order valence-electron chi connectivity index (χ2n) is 7.78. The molecule has 0 saturated heterocycles. The molecule has 1 N–H and O–H groups in total. The Morgan fingerprint density at radius 2 is 1.74 bits per heavy atom. The maximum absolute atomic E-state index is 12.2. The highest BCUT2D eigenvalue weighted by molar-refractivity contribution is 7.89. The third kappa shape index (κ3) is 9.83. The van der Waals surface area contributed by atoms with E-state index in [-0.39, 0.29) is 11.3 Å². The van der Waals surface area contributed by atoms with Crippen molar-refractivity contribution in [3.05, 3.63) is 29.8 Å². The summed E-state index contributed by atoms with van der Waals surface area (Å²) in [7, 11) is -3.38. The molecule has 1 saturated carbocycles. The first-order valence-electron chi connectivity index (χ1n) is 9.81. The molecule has 1 aliphatic rings. The Balaban J connectivity index is 0.000000527. The standard InChI is InChI=1S/C17H27NO2S.C3H8O2S/c1-14(2)18-21(19,20)17-10-6-9-16(13-17)12-11-15-7-4-3-5-8-15;1-3(2)6(4)5/h6,9-10,13-15,18H,3-5,7-8,11-12H2,1-2H3;3H,1-2H3,(H,4,5)/p-1. The van der Waals surface area contributed by atoms with Crippen LogP contribution in [0, 0.1) is 5.92 Å². The van der Waals surface area contributed by atoms with E-state index in [1.165, 1.54) is 38.5 Å². The Bertz CT molecular complexity index is 681. The van der Waals surface area contributed by atoms with Crippen LogP contribution >= 0.6 is 0 Å². The molecule has 0 aliphatic heterocycles. The van der Waals surface area contributed by atoms with Crippen LogP contribution in [-0.2, 0) is 27.5 Å². The first-order valence-corrected chi connectivity index (χ1v) is 12.4. The minimum Gasteiger partial charge on any atom is -0.772 e. The number of hydrogen-bond acceptors (Lipinski definition) is 4. The normalized spacial score (nSPS) is 16.9. The molecule has 27 heavy (non-hydrogen) atoms. The molecule has 0 spiro atoms. The second-order valence-corrected chi connectivity index (χ2v) is 11.0. The van der Waals surface area contributed by atoms with Crippen molar-refractivity contribution in [2.45, 2.75) is 88.8 Å². The fourth-order valence-electron chi connectivity index (χ4n) is 3.09. The SMILES string of the molecule is CC(C)NS(=O)(=O)c1cccc(CCC2CCCCC2)c1.CC(C)S(=O)[O-]. The van der Waals surface area contributed by atoms with E-state index < -0.39 is 21.1 Å². The van der Waals surface area contributed by atoms with E-state index in [1.807, 2.05) is 32.0 Å². The third-order valence-electron chi connectivity index (χ3n) is 4.55. The van der Waals surface area contributed by atoms with Gasteiger partial charge in [-0.3, -0.25) is 4.21 Å². The van der Waals surface area contributed by atoms with Gasteiger partial charge in [0.15, 0.2) is 0 Å². The summed E-state index contributed by atoms with van der Waals surface area (Å²) in [5.74, 6) is 0.827. The van der Waals surface area contributed by atoms with Crippen molar-refractivity contribution < 1.29 is 17.2 Å². The van der Waals surface area contributed by atoms with Crippen molar-refractivity contribution in [3.63, 3.8) is 0 Å². The molecule has 1 aliphatic carbocycles. The minimum atomic E-state index is -3.38. The van der Waals surface area contributed by atoms with E-state index in [2.05, 4.69) is 4.72 Å². The Morgan fingerprint density at radius 1 is 1.15 bits per heavy atom. The predicted octanol–water partition coefficient (Wildman–Crippen LogP) is 4.16. The van der Waals surface area contributed by atoms with Gasteiger partial charge in [-0.05, 0) is 50.3 Å². The highest BCUT2D eigenvalue weighted by atomic mass is 32.2. The highest BCUT2D eigenvalue weighted by Gasteiger charge is 2.16. The van der Waals surface area contributed by atoms with Gasteiger partial charge in [0.05, 0.1) is 4.90 Å². The van der Waals surface area contributed by atoms with Crippen LogP contribution in [0.1, 0.15) is 71.8 Å². The molecular weight excluding hydrogens is 382 g/mol. The molecule has 1 unspecified atom stereocenters. The zero-order chi connectivity index (χ0) is 20.4. The Morgan fingerprint density at radius 3 is 2.26 bits per heavy atom. The van der Waals surface area contributed by atoms with E-state index >= 15 is 0 Å². The lowest BCUT2D eigenvalue weighted by atomic mass is 9.85. The van der Waals surface area contributed by atoms with E-state index in [0.29, 0.717) is 4.90 Å². The average molecular weight is 417 g/mol. The van der Waals surface area contributed by atoms with Gasteiger partial charge in [-0.25, -0.2) is 13.1 Å². The predicted molar refractivity (Wildman–Crippen MR) is 111 cm³/mol. The van der Waals surface area contributed by atoms with Crippen LogP contribution in [0.15, 0.2) is 29.2 Å². The molecule has 7 heteroatoms. The molecule has 0 heterocycles. The van der Waals surface area contributed by atoms with Crippen LogP contribution in [0.5, 0.6) is 0 Å². The third-order valence-corrected chi connectivity index (χ3v) is 6.98. The first-order chi connectivity index (χ1) is 12.6. The summed E-state index contributed by atoms with van der Waals surface area (Å²) < 4.78 is 46.4. The monoisotopic (exact) mass is 416 g/mol. The van der Waals surface area contributed by atoms with Crippen molar-refractivity contribution >= 4 is 21.1 Å². The van der Waals surface area contributed by atoms with Gasteiger partial charge in [0, 0.05) is 11.3 Å². The topological polar surface area (TPSA) is 86.3 Å². The summed E-state index contributed by atoms with van der Waals surface area (Å²) in [4.78, 5) is 0.386. The molecule has 1 aromatic carbocycles. The number of hydrogen-bond donors (Lipinski definition) is 1. The van der Waals surface area contributed by atoms with Gasteiger partial charge in [-0.1, -0.05) is 69.2 Å². The second kappa shape index (κ2) is 11.9.